The largest absolute Gasteiger partial charge is 0.369 e. The molecule has 1 fully saturated rings. The summed E-state index contributed by atoms with van der Waals surface area (Å²) in [6, 6.07) is 4.03. The highest BCUT2D eigenvalue weighted by Gasteiger charge is 2.48. The number of carbonyl (C=O) groups excluding carboxylic acids is 1. The fourth-order valence-corrected chi connectivity index (χ4v) is 3.68. The zero-order valence-corrected chi connectivity index (χ0v) is 12.3. The van der Waals surface area contributed by atoms with E-state index < -0.39 is 5.41 Å². The zero-order valence-electron chi connectivity index (χ0n) is 12.3. The first kappa shape index (κ1) is 13.7. The summed E-state index contributed by atoms with van der Waals surface area (Å²) in [5, 5.41) is 17.0. The molecule has 1 aliphatic carbocycles. The van der Waals surface area contributed by atoms with Crippen molar-refractivity contribution in [2.45, 2.75) is 26.7 Å². The van der Waals surface area contributed by atoms with E-state index in [4.69, 9.17) is 0 Å². The summed E-state index contributed by atoms with van der Waals surface area (Å²) in [6.45, 7) is 5.61. The van der Waals surface area contributed by atoms with Crippen LogP contribution in [-0.2, 0) is 4.79 Å². The van der Waals surface area contributed by atoms with Crippen molar-refractivity contribution in [1.82, 2.24) is 10.2 Å². The Hall–Kier alpha value is -2.22. The van der Waals surface area contributed by atoms with Crippen molar-refractivity contribution in [3.8, 4) is 6.07 Å². The summed E-state index contributed by atoms with van der Waals surface area (Å²) in [5.41, 5.74) is 0.808. The van der Waals surface area contributed by atoms with Crippen molar-refractivity contribution in [3.05, 3.63) is 30.1 Å². The number of Topliss-reactive ketones (excluding diaryl/α,β-unsaturated/α-hetero) is 1. The Morgan fingerprint density at radius 1 is 1.38 bits per heavy atom. The van der Waals surface area contributed by atoms with E-state index in [0.29, 0.717) is 5.57 Å². The fourth-order valence-electron chi connectivity index (χ4n) is 3.68. The number of hydrogen-bond donors (Lipinski definition) is 0. The highest BCUT2D eigenvalue weighted by atomic mass is 16.1. The molecule has 1 unspecified atom stereocenters. The number of carbonyl (C=O) groups is 1. The molecule has 5 heteroatoms. The molecule has 0 radical (unpaired) electrons. The Kier molecular flexibility index (Phi) is 3.05. The van der Waals surface area contributed by atoms with Gasteiger partial charge in [0.15, 0.2) is 5.78 Å². The number of hydrogen-bond acceptors (Lipinski definition) is 5. The molecule has 1 aromatic rings. The van der Waals surface area contributed by atoms with E-state index in [0.717, 1.165) is 31.6 Å². The second kappa shape index (κ2) is 4.66. The molecule has 21 heavy (non-hydrogen) atoms. The Labute approximate surface area is 124 Å². The molecule has 5 nitrogen and oxygen atoms in total. The monoisotopic (exact) mass is 282 g/mol. The zero-order chi connectivity index (χ0) is 15.1. The molecule has 108 valence electrons. The van der Waals surface area contributed by atoms with Gasteiger partial charge in [-0.25, -0.2) is 0 Å². The van der Waals surface area contributed by atoms with Crippen LogP contribution in [0.2, 0.25) is 0 Å². The Bertz CT molecular complexity index is 644. The van der Waals surface area contributed by atoms with Crippen LogP contribution in [0.1, 0.15) is 26.7 Å². The summed E-state index contributed by atoms with van der Waals surface area (Å²) in [4.78, 5) is 14.5. The normalized spacial score (nSPS) is 27.6. The molecule has 2 heterocycles. The molecular weight excluding hydrogens is 264 g/mol. The van der Waals surface area contributed by atoms with Crippen LogP contribution in [0.15, 0.2) is 30.1 Å². The highest BCUT2D eigenvalue weighted by molar-refractivity contribution is 6.03. The standard InChI is InChI=1S/C16H18N4O/c1-15(2)10-16(7-12(8-17)14(15)21)4-6-20(11-16)13-3-5-18-19-9-13/h3,5,7,9H,4,6,10-11H2,1-2H3. The number of rotatable bonds is 1. The Morgan fingerprint density at radius 2 is 2.19 bits per heavy atom. The van der Waals surface area contributed by atoms with Crippen LogP contribution in [0.4, 0.5) is 5.69 Å². The van der Waals surface area contributed by atoms with Gasteiger partial charge in [-0.05, 0) is 18.9 Å². The van der Waals surface area contributed by atoms with Crippen molar-refractivity contribution < 1.29 is 4.79 Å². The predicted octanol–water partition coefficient (Wildman–Crippen LogP) is 2.12. The fraction of sp³-hybridized carbons (Fsp3) is 0.500. The first-order valence-electron chi connectivity index (χ1n) is 7.15. The van der Waals surface area contributed by atoms with Crippen molar-refractivity contribution in [2.75, 3.05) is 18.0 Å². The maximum atomic E-state index is 12.2. The number of nitrogens with zero attached hydrogens (tertiary/aromatic N) is 4. The minimum Gasteiger partial charge on any atom is -0.369 e. The van der Waals surface area contributed by atoms with Gasteiger partial charge in [-0.3, -0.25) is 4.79 Å². The van der Waals surface area contributed by atoms with E-state index in [1.54, 1.807) is 12.4 Å². The second-order valence-corrected chi connectivity index (χ2v) is 6.69. The first-order valence-corrected chi connectivity index (χ1v) is 7.15. The Balaban J connectivity index is 1.92. The first-order chi connectivity index (χ1) is 9.96. The summed E-state index contributed by atoms with van der Waals surface area (Å²) >= 11 is 0. The lowest BCUT2D eigenvalue weighted by Crippen LogP contribution is -2.40. The molecular formula is C16H18N4O. The maximum absolute atomic E-state index is 12.2. The molecule has 1 saturated heterocycles. The molecule has 1 aliphatic heterocycles. The van der Waals surface area contributed by atoms with Gasteiger partial charge in [0, 0.05) is 23.9 Å². The van der Waals surface area contributed by atoms with Crippen LogP contribution in [0.25, 0.3) is 0 Å². The van der Waals surface area contributed by atoms with Gasteiger partial charge in [-0.1, -0.05) is 19.9 Å². The lowest BCUT2D eigenvalue weighted by Gasteiger charge is -2.38. The minimum atomic E-state index is -0.466. The third-order valence-electron chi connectivity index (χ3n) is 4.54. The minimum absolute atomic E-state index is 0.0281. The summed E-state index contributed by atoms with van der Waals surface area (Å²) < 4.78 is 0. The van der Waals surface area contributed by atoms with E-state index in [1.807, 2.05) is 26.0 Å². The van der Waals surface area contributed by atoms with Crippen molar-refractivity contribution in [3.63, 3.8) is 0 Å². The summed E-state index contributed by atoms with van der Waals surface area (Å²) in [5.74, 6) is -0.0281. The molecule has 0 bridgehead atoms. The average Bonchev–Trinajstić information content (AvgIpc) is 2.87. The number of aromatic nitrogens is 2. The highest BCUT2D eigenvalue weighted by Crippen LogP contribution is 2.48. The quantitative estimate of drug-likeness (QED) is 0.789. The lowest BCUT2D eigenvalue weighted by atomic mass is 9.64. The van der Waals surface area contributed by atoms with Gasteiger partial charge < -0.3 is 4.90 Å². The molecule has 0 saturated carbocycles. The van der Waals surface area contributed by atoms with E-state index in [-0.39, 0.29) is 11.2 Å². The Morgan fingerprint density at radius 3 is 2.86 bits per heavy atom. The van der Waals surface area contributed by atoms with Crippen molar-refractivity contribution in [1.29, 1.82) is 5.26 Å². The van der Waals surface area contributed by atoms with Gasteiger partial charge in [0.25, 0.3) is 0 Å². The smallest absolute Gasteiger partial charge is 0.178 e. The van der Waals surface area contributed by atoms with Crippen LogP contribution >= 0.6 is 0 Å². The number of nitriles is 1. The second-order valence-electron chi connectivity index (χ2n) is 6.69. The van der Waals surface area contributed by atoms with Crippen molar-refractivity contribution in [2.24, 2.45) is 10.8 Å². The number of ketones is 1. The van der Waals surface area contributed by atoms with Gasteiger partial charge in [0.1, 0.15) is 6.07 Å². The molecule has 3 rings (SSSR count). The van der Waals surface area contributed by atoms with Gasteiger partial charge in [0.05, 0.1) is 23.7 Å². The predicted molar refractivity (Wildman–Crippen MR) is 78.4 cm³/mol. The molecule has 2 aliphatic rings. The molecule has 0 N–H and O–H groups in total. The number of anilines is 1. The van der Waals surface area contributed by atoms with Crippen LogP contribution in [0.3, 0.4) is 0 Å². The third-order valence-corrected chi connectivity index (χ3v) is 4.54. The maximum Gasteiger partial charge on any atom is 0.178 e. The molecule has 1 aromatic heterocycles. The number of allylic oxidation sites excluding steroid dienone is 1. The van der Waals surface area contributed by atoms with Crippen LogP contribution in [-0.4, -0.2) is 29.1 Å². The van der Waals surface area contributed by atoms with Crippen molar-refractivity contribution >= 4 is 11.5 Å². The van der Waals surface area contributed by atoms with Gasteiger partial charge in [0.2, 0.25) is 0 Å². The van der Waals surface area contributed by atoms with Gasteiger partial charge >= 0.3 is 0 Å². The van der Waals surface area contributed by atoms with Gasteiger partial charge in [-0.15, -0.1) is 0 Å². The lowest BCUT2D eigenvalue weighted by molar-refractivity contribution is -0.125. The van der Waals surface area contributed by atoms with Gasteiger partial charge in [-0.2, -0.15) is 15.5 Å². The van der Waals surface area contributed by atoms with Crippen LogP contribution < -0.4 is 4.90 Å². The summed E-state index contributed by atoms with van der Waals surface area (Å²) in [7, 11) is 0. The molecule has 0 aromatic carbocycles. The van der Waals surface area contributed by atoms with E-state index in [1.165, 1.54) is 0 Å². The average molecular weight is 282 g/mol. The molecule has 1 atom stereocenters. The molecule has 0 amide bonds. The van der Waals surface area contributed by atoms with Crippen LogP contribution in [0, 0.1) is 22.2 Å². The van der Waals surface area contributed by atoms with E-state index in [2.05, 4.69) is 21.2 Å². The topological polar surface area (TPSA) is 69.9 Å². The summed E-state index contributed by atoms with van der Waals surface area (Å²) in [6.07, 6.45) is 7.10. The van der Waals surface area contributed by atoms with E-state index >= 15 is 0 Å². The molecule has 1 spiro atoms. The van der Waals surface area contributed by atoms with Crippen LogP contribution in [0.5, 0.6) is 0 Å². The SMILES string of the molecule is CC1(C)CC2(C=C(C#N)C1=O)CCN(c1ccnnc1)C2. The van der Waals surface area contributed by atoms with E-state index in [9.17, 15) is 10.1 Å². The third kappa shape index (κ3) is 2.31.